The third-order valence-electron chi connectivity index (χ3n) is 2.69. The predicted molar refractivity (Wildman–Crippen MR) is 76.2 cm³/mol. The van der Waals surface area contributed by atoms with Crippen molar-refractivity contribution in [3.05, 3.63) is 21.9 Å². The minimum absolute atomic E-state index is 0.124. The normalized spacial score (nSPS) is 11.7. The highest BCUT2D eigenvalue weighted by atomic mass is 32.2. The van der Waals surface area contributed by atoms with Crippen LogP contribution in [0.1, 0.15) is 47.7 Å². The van der Waals surface area contributed by atoms with Crippen LogP contribution in [0.5, 0.6) is 0 Å². The SMILES string of the molecule is CCCCCS(=O)(=O)CC(=O)c1ccc(CC)s1. The van der Waals surface area contributed by atoms with Gasteiger partial charge in [-0.05, 0) is 25.0 Å². The zero-order valence-electron chi connectivity index (χ0n) is 10.9. The average Bonchev–Trinajstić information content (AvgIpc) is 2.77. The van der Waals surface area contributed by atoms with Crippen LogP contribution in [-0.2, 0) is 16.3 Å². The zero-order chi connectivity index (χ0) is 13.6. The van der Waals surface area contributed by atoms with Crippen LogP contribution in [0.2, 0.25) is 0 Å². The molecule has 0 amide bonds. The van der Waals surface area contributed by atoms with Crippen LogP contribution in [-0.4, -0.2) is 25.7 Å². The fraction of sp³-hybridized carbons (Fsp3) is 0.615. The monoisotopic (exact) mass is 288 g/mol. The lowest BCUT2D eigenvalue weighted by atomic mass is 10.3. The molecule has 0 aliphatic heterocycles. The Hall–Kier alpha value is -0.680. The van der Waals surface area contributed by atoms with Gasteiger partial charge in [0, 0.05) is 4.88 Å². The first-order valence-electron chi connectivity index (χ1n) is 6.31. The second-order valence-electron chi connectivity index (χ2n) is 4.34. The summed E-state index contributed by atoms with van der Waals surface area (Å²) < 4.78 is 23.5. The van der Waals surface area contributed by atoms with Gasteiger partial charge in [-0.1, -0.05) is 26.7 Å². The summed E-state index contributed by atoms with van der Waals surface area (Å²) in [6, 6.07) is 3.62. The molecule has 0 saturated heterocycles. The molecule has 102 valence electrons. The average molecular weight is 288 g/mol. The smallest absolute Gasteiger partial charge is 0.187 e. The van der Waals surface area contributed by atoms with Gasteiger partial charge in [0.2, 0.25) is 0 Å². The van der Waals surface area contributed by atoms with Gasteiger partial charge in [-0.2, -0.15) is 0 Å². The van der Waals surface area contributed by atoms with E-state index >= 15 is 0 Å². The molecule has 0 radical (unpaired) electrons. The summed E-state index contributed by atoms with van der Waals surface area (Å²) >= 11 is 1.40. The maximum absolute atomic E-state index is 11.9. The number of aryl methyl sites for hydroxylation is 1. The van der Waals surface area contributed by atoms with Crippen LogP contribution in [0.3, 0.4) is 0 Å². The summed E-state index contributed by atoms with van der Waals surface area (Å²) in [7, 11) is -3.24. The van der Waals surface area contributed by atoms with Crippen LogP contribution >= 0.6 is 11.3 Å². The first-order chi connectivity index (χ1) is 8.48. The van der Waals surface area contributed by atoms with Crippen LogP contribution < -0.4 is 0 Å². The van der Waals surface area contributed by atoms with E-state index in [2.05, 4.69) is 0 Å². The lowest BCUT2D eigenvalue weighted by Crippen LogP contribution is -2.18. The first-order valence-corrected chi connectivity index (χ1v) is 8.94. The quantitative estimate of drug-likeness (QED) is 0.545. The number of rotatable bonds is 8. The second kappa shape index (κ2) is 7.04. The molecule has 1 aromatic rings. The Morgan fingerprint density at radius 1 is 1.22 bits per heavy atom. The molecule has 0 atom stereocenters. The summed E-state index contributed by atoms with van der Waals surface area (Å²) in [6.07, 6.45) is 3.40. The van der Waals surface area contributed by atoms with E-state index in [-0.39, 0.29) is 17.3 Å². The molecule has 0 saturated carbocycles. The topological polar surface area (TPSA) is 51.2 Å². The summed E-state index contributed by atoms with van der Waals surface area (Å²) in [5, 5.41) is 0. The van der Waals surface area contributed by atoms with Crippen molar-refractivity contribution < 1.29 is 13.2 Å². The summed E-state index contributed by atoms with van der Waals surface area (Å²) in [4.78, 5) is 13.5. The zero-order valence-corrected chi connectivity index (χ0v) is 12.6. The first kappa shape index (κ1) is 15.4. The number of unbranched alkanes of at least 4 members (excludes halogenated alkanes) is 2. The molecule has 3 nitrogen and oxygen atoms in total. The predicted octanol–water partition coefficient (Wildman–Crippen LogP) is 3.10. The number of hydrogen-bond donors (Lipinski definition) is 0. The molecular weight excluding hydrogens is 268 g/mol. The molecule has 0 spiro atoms. The van der Waals surface area contributed by atoms with Crippen LogP contribution in [0.15, 0.2) is 12.1 Å². The lowest BCUT2D eigenvalue weighted by molar-refractivity contribution is 0.102. The Morgan fingerprint density at radius 3 is 2.50 bits per heavy atom. The van der Waals surface area contributed by atoms with E-state index in [1.165, 1.54) is 11.3 Å². The molecular formula is C13H20O3S2. The Labute approximate surface area is 113 Å². The Balaban J connectivity index is 2.58. The molecule has 0 unspecified atom stereocenters. The lowest BCUT2D eigenvalue weighted by Gasteiger charge is -2.02. The van der Waals surface area contributed by atoms with E-state index in [1.807, 2.05) is 19.9 Å². The fourth-order valence-electron chi connectivity index (χ4n) is 1.63. The number of ketones is 1. The maximum atomic E-state index is 11.9. The molecule has 5 heteroatoms. The van der Waals surface area contributed by atoms with Crippen LogP contribution in [0.25, 0.3) is 0 Å². The van der Waals surface area contributed by atoms with Crippen molar-refractivity contribution in [2.45, 2.75) is 39.5 Å². The van der Waals surface area contributed by atoms with Gasteiger partial charge in [0.05, 0.1) is 10.6 Å². The van der Waals surface area contributed by atoms with E-state index in [4.69, 9.17) is 0 Å². The molecule has 0 aliphatic rings. The summed E-state index contributed by atoms with van der Waals surface area (Å²) in [5.41, 5.74) is 0. The summed E-state index contributed by atoms with van der Waals surface area (Å²) in [6.45, 7) is 4.04. The van der Waals surface area contributed by atoms with Crippen LogP contribution in [0.4, 0.5) is 0 Å². The van der Waals surface area contributed by atoms with Gasteiger partial charge in [-0.3, -0.25) is 4.79 Å². The minimum atomic E-state index is -3.24. The minimum Gasteiger partial charge on any atom is -0.292 e. The number of hydrogen-bond acceptors (Lipinski definition) is 4. The van der Waals surface area contributed by atoms with E-state index in [0.29, 0.717) is 11.3 Å². The van der Waals surface area contributed by atoms with Gasteiger partial charge >= 0.3 is 0 Å². The molecule has 0 bridgehead atoms. The maximum Gasteiger partial charge on any atom is 0.187 e. The van der Waals surface area contributed by atoms with Crippen molar-refractivity contribution >= 4 is 27.0 Å². The van der Waals surface area contributed by atoms with Crippen molar-refractivity contribution in [3.8, 4) is 0 Å². The Bertz CT molecular complexity index is 486. The van der Waals surface area contributed by atoms with E-state index in [9.17, 15) is 13.2 Å². The largest absolute Gasteiger partial charge is 0.292 e. The molecule has 1 aromatic heterocycles. The third-order valence-corrected chi connectivity index (χ3v) is 5.58. The molecule has 18 heavy (non-hydrogen) atoms. The van der Waals surface area contributed by atoms with Crippen LogP contribution in [0, 0.1) is 0 Å². The highest BCUT2D eigenvalue weighted by Crippen LogP contribution is 2.18. The fourth-order valence-corrected chi connectivity index (χ4v) is 3.95. The van der Waals surface area contributed by atoms with Crippen molar-refractivity contribution in [3.63, 3.8) is 0 Å². The van der Waals surface area contributed by atoms with Gasteiger partial charge in [0.25, 0.3) is 0 Å². The number of thiophene rings is 1. The van der Waals surface area contributed by atoms with E-state index < -0.39 is 9.84 Å². The highest BCUT2D eigenvalue weighted by Gasteiger charge is 2.18. The van der Waals surface area contributed by atoms with E-state index in [0.717, 1.165) is 24.1 Å². The van der Waals surface area contributed by atoms with Gasteiger partial charge in [0.15, 0.2) is 15.6 Å². The standard InChI is InChI=1S/C13H20O3S2/c1-3-5-6-9-18(15,16)10-12(14)13-8-7-11(4-2)17-13/h7-8H,3-6,9-10H2,1-2H3. The van der Waals surface area contributed by atoms with E-state index in [1.54, 1.807) is 6.07 Å². The van der Waals surface area contributed by atoms with Gasteiger partial charge < -0.3 is 0 Å². The molecule has 0 N–H and O–H groups in total. The highest BCUT2D eigenvalue weighted by molar-refractivity contribution is 7.92. The molecule has 0 aliphatic carbocycles. The Kier molecular flexibility index (Phi) is 6.02. The molecule has 0 fully saturated rings. The van der Waals surface area contributed by atoms with Gasteiger partial charge in [0.1, 0.15) is 5.75 Å². The van der Waals surface area contributed by atoms with Gasteiger partial charge in [-0.25, -0.2) is 8.42 Å². The molecule has 0 aromatic carbocycles. The Morgan fingerprint density at radius 2 is 1.94 bits per heavy atom. The van der Waals surface area contributed by atoms with Crippen molar-refractivity contribution in [1.82, 2.24) is 0 Å². The second-order valence-corrected chi connectivity index (χ2v) is 7.69. The molecule has 1 rings (SSSR count). The summed E-state index contributed by atoms with van der Waals surface area (Å²) in [5.74, 6) is -0.491. The van der Waals surface area contributed by atoms with Gasteiger partial charge in [-0.15, -0.1) is 11.3 Å². The van der Waals surface area contributed by atoms with Crippen molar-refractivity contribution in [2.75, 3.05) is 11.5 Å². The number of carbonyl (C=O) groups is 1. The number of carbonyl (C=O) groups excluding carboxylic acids is 1. The van der Waals surface area contributed by atoms with Crippen molar-refractivity contribution in [2.24, 2.45) is 0 Å². The molecule has 1 heterocycles. The van der Waals surface area contributed by atoms with Crippen molar-refractivity contribution in [1.29, 1.82) is 0 Å². The third kappa shape index (κ3) is 4.90. The number of sulfone groups is 1. The number of Topliss-reactive ketones (excluding diaryl/α,β-unsaturated/α-hetero) is 1.